The quantitative estimate of drug-likeness (QED) is 0.923. The van der Waals surface area contributed by atoms with E-state index in [0.29, 0.717) is 12.0 Å². The maximum Gasteiger partial charge on any atom is 0.132 e. The van der Waals surface area contributed by atoms with Gasteiger partial charge in [0.15, 0.2) is 0 Å². The highest BCUT2D eigenvalue weighted by Crippen LogP contribution is 2.38. The number of nitrogens with zero attached hydrogens (tertiary/aromatic N) is 4. The van der Waals surface area contributed by atoms with Gasteiger partial charge in [0.1, 0.15) is 11.6 Å². The third-order valence-electron chi connectivity index (χ3n) is 5.92. The van der Waals surface area contributed by atoms with E-state index in [1.165, 1.54) is 0 Å². The summed E-state index contributed by atoms with van der Waals surface area (Å²) >= 11 is 0. The van der Waals surface area contributed by atoms with Gasteiger partial charge in [-0.3, -0.25) is 0 Å². The van der Waals surface area contributed by atoms with Gasteiger partial charge in [-0.2, -0.15) is 5.26 Å². The van der Waals surface area contributed by atoms with Gasteiger partial charge < -0.3 is 10.6 Å². The predicted molar refractivity (Wildman–Crippen MR) is 102 cm³/mol. The highest BCUT2D eigenvalue weighted by Gasteiger charge is 2.37. The molecule has 1 aliphatic heterocycles. The van der Waals surface area contributed by atoms with Crippen LogP contribution >= 0.6 is 0 Å². The number of nitriles is 1. The van der Waals surface area contributed by atoms with Crippen molar-refractivity contribution in [1.82, 2.24) is 9.97 Å². The monoisotopic (exact) mass is 347 g/mol. The maximum absolute atomic E-state index is 9.87. The van der Waals surface area contributed by atoms with Gasteiger partial charge in [0, 0.05) is 36.8 Å². The predicted octanol–water partition coefficient (Wildman–Crippen LogP) is 3.05. The second kappa shape index (κ2) is 6.69. The van der Waals surface area contributed by atoms with Crippen LogP contribution in [-0.2, 0) is 5.41 Å². The lowest BCUT2D eigenvalue weighted by Crippen LogP contribution is -2.42. The molecule has 0 radical (unpaired) electrons. The Balaban J connectivity index is 1.52. The number of aryl methyl sites for hydroxylation is 1. The van der Waals surface area contributed by atoms with Crippen LogP contribution in [0, 0.1) is 18.3 Å². The van der Waals surface area contributed by atoms with Crippen molar-refractivity contribution in [1.29, 1.82) is 5.26 Å². The molecule has 26 heavy (non-hydrogen) atoms. The van der Waals surface area contributed by atoms with Crippen LogP contribution in [0.5, 0.6) is 0 Å². The first-order chi connectivity index (χ1) is 12.6. The van der Waals surface area contributed by atoms with E-state index in [2.05, 4.69) is 39.1 Å². The Labute approximate surface area is 154 Å². The Morgan fingerprint density at radius 1 is 1.15 bits per heavy atom. The summed E-state index contributed by atoms with van der Waals surface area (Å²) in [6.07, 6.45) is 3.67. The van der Waals surface area contributed by atoms with E-state index >= 15 is 0 Å². The fourth-order valence-electron chi connectivity index (χ4n) is 4.19. The molecule has 5 heteroatoms. The molecule has 0 bridgehead atoms. The largest absolute Gasteiger partial charge is 0.356 e. The molecule has 2 aromatic rings. The zero-order valence-corrected chi connectivity index (χ0v) is 15.2. The topological polar surface area (TPSA) is 78.8 Å². The van der Waals surface area contributed by atoms with Crippen LogP contribution in [0.1, 0.15) is 48.7 Å². The first kappa shape index (κ1) is 17.0. The Bertz CT molecular complexity index is 812. The van der Waals surface area contributed by atoms with E-state index in [1.807, 2.05) is 25.1 Å². The van der Waals surface area contributed by atoms with Gasteiger partial charge in [-0.15, -0.1) is 0 Å². The SMILES string of the molecule is Cc1nc(C2CC(N)C2)cc(N2CCC(C#N)(c3ccccc3)CC2)n1. The average molecular weight is 347 g/mol. The normalized spacial score (nSPS) is 24.6. The van der Waals surface area contributed by atoms with Crippen molar-refractivity contribution in [3.63, 3.8) is 0 Å². The van der Waals surface area contributed by atoms with E-state index < -0.39 is 0 Å². The van der Waals surface area contributed by atoms with Crippen molar-refractivity contribution in [2.75, 3.05) is 18.0 Å². The molecule has 0 atom stereocenters. The summed E-state index contributed by atoms with van der Waals surface area (Å²) in [6.45, 7) is 3.63. The maximum atomic E-state index is 9.87. The van der Waals surface area contributed by atoms with E-state index in [9.17, 15) is 5.26 Å². The summed E-state index contributed by atoms with van der Waals surface area (Å²) in [6, 6.07) is 15.2. The zero-order chi connectivity index (χ0) is 18.1. The van der Waals surface area contributed by atoms with Crippen LogP contribution in [0.4, 0.5) is 5.82 Å². The van der Waals surface area contributed by atoms with Crippen LogP contribution in [0.2, 0.25) is 0 Å². The number of nitrogens with two attached hydrogens (primary N) is 1. The molecule has 1 aromatic carbocycles. The van der Waals surface area contributed by atoms with Gasteiger partial charge in [-0.25, -0.2) is 9.97 Å². The van der Waals surface area contributed by atoms with Gasteiger partial charge in [-0.1, -0.05) is 30.3 Å². The second-order valence-electron chi connectivity index (χ2n) is 7.67. The number of piperidine rings is 1. The molecule has 0 amide bonds. The molecule has 2 heterocycles. The summed E-state index contributed by atoms with van der Waals surface area (Å²) in [4.78, 5) is 11.6. The van der Waals surface area contributed by atoms with Crippen molar-refractivity contribution < 1.29 is 0 Å². The van der Waals surface area contributed by atoms with Crippen molar-refractivity contribution in [2.45, 2.75) is 50.0 Å². The number of anilines is 1. The molecule has 1 saturated carbocycles. The summed E-state index contributed by atoms with van der Waals surface area (Å²) in [5, 5.41) is 9.87. The number of aromatic nitrogens is 2. The van der Waals surface area contributed by atoms with Crippen LogP contribution in [0.25, 0.3) is 0 Å². The van der Waals surface area contributed by atoms with Crippen molar-refractivity contribution in [2.24, 2.45) is 5.73 Å². The third kappa shape index (κ3) is 3.06. The summed E-state index contributed by atoms with van der Waals surface area (Å²) in [5.41, 5.74) is 7.81. The number of hydrogen-bond donors (Lipinski definition) is 1. The van der Waals surface area contributed by atoms with Gasteiger partial charge in [0.2, 0.25) is 0 Å². The first-order valence-electron chi connectivity index (χ1n) is 9.42. The molecule has 0 spiro atoms. The van der Waals surface area contributed by atoms with Crippen LogP contribution < -0.4 is 10.6 Å². The molecule has 1 aromatic heterocycles. The van der Waals surface area contributed by atoms with Gasteiger partial charge in [0.05, 0.1) is 11.5 Å². The Morgan fingerprint density at radius 3 is 2.46 bits per heavy atom. The fraction of sp³-hybridized carbons (Fsp3) is 0.476. The highest BCUT2D eigenvalue weighted by atomic mass is 15.2. The lowest BCUT2D eigenvalue weighted by molar-refractivity contribution is 0.344. The lowest BCUT2D eigenvalue weighted by atomic mass is 9.74. The molecule has 0 unspecified atom stereocenters. The minimum absolute atomic E-state index is 0.316. The fourth-order valence-corrected chi connectivity index (χ4v) is 4.19. The summed E-state index contributed by atoms with van der Waals surface area (Å²) in [7, 11) is 0. The van der Waals surface area contributed by atoms with Gasteiger partial charge >= 0.3 is 0 Å². The molecule has 2 aliphatic rings. The molecule has 2 N–H and O–H groups in total. The van der Waals surface area contributed by atoms with Crippen LogP contribution in [0.3, 0.4) is 0 Å². The molecule has 2 fully saturated rings. The molecule has 1 aliphatic carbocycles. The minimum atomic E-state index is -0.386. The van der Waals surface area contributed by atoms with Crippen molar-refractivity contribution in [3.8, 4) is 6.07 Å². The van der Waals surface area contributed by atoms with Gasteiger partial charge in [-0.05, 0) is 38.2 Å². The van der Waals surface area contributed by atoms with Crippen LogP contribution in [-0.4, -0.2) is 29.1 Å². The van der Waals surface area contributed by atoms with Crippen molar-refractivity contribution in [3.05, 3.63) is 53.5 Å². The van der Waals surface area contributed by atoms with Gasteiger partial charge in [0.25, 0.3) is 0 Å². The Morgan fingerprint density at radius 2 is 1.85 bits per heavy atom. The van der Waals surface area contributed by atoms with E-state index in [0.717, 1.165) is 61.7 Å². The van der Waals surface area contributed by atoms with Crippen LogP contribution in [0.15, 0.2) is 36.4 Å². The molecular formula is C21H25N5. The third-order valence-corrected chi connectivity index (χ3v) is 5.92. The zero-order valence-electron chi connectivity index (χ0n) is 15.2. The number of hydrogen-bond acceptors (Lipinski definition) is 5. The minimum Gasteiger partial charge on any atom is -0.356 e. The molecule has 4 rings (SSSR count). The Hall–Kier alpha value is -2.45. The Kier molecular flexibility index (Phi) is 4.37. The number of benzene rings is 1. The van der Waals surface area contributed by atoms with Crippen molar-refractivity contribution >= 4 is 5.82 Å². The molecule has 5 nitrogen and oxygen atoms in total. The first-order valence-corrected chi connectivity index (χ1v) is 9.42. The average Bonchev–Trinajstić information content (AvgIpc) is 2.66. The second-order valence-corrected chi connectivity index (χ2v) is 7.67. The smallest absolute Gasteiger partial charge is 0.132 e. The summed E-state index contributed by atoms with van der Waals surface area (Å²) < 4.78 is 0. The number of rotatable bonds is 3. The standard InChI is InChI=1S/C21H25N5/c1-15-24-19(16-11-18(23)12-16)13-20(25-15)26-9-7-21(14-22,8-10-26)17-5-3-2-4-6-17/h2-6,13,16,18H,7-12,23H2,1H3. The van der Waals surface area contributed by atoms with E-state index in [4.69, 9.17) is 5.73 Å². The highest BCUT2D eigenvalue weighted by molar-refractivity contribution is 5.44. The van der Waals surface area contributed by atoms with E-state index in [-0.39, 0.29) is 5.41 Å². The van der Waals surface area contributed by atoms with E-state index in [1.54, 1.807) is 0 Å². The molecular weight excluding hydrogens is 322 g/mol. The summed E-state index contributed by atoms with van der Waals surface area (Å²) in [5.74, 6) is 2.28. The lowest BCUT2D eigenvalue weighted by Gasteiger charge is -2.39. The molecule has 1 saturated heterocycles. The molecule has 134 valence electrons.